The van der Waals surface area contributed by atoms with Crippen LogP contribution in [-0.2, 0) is 25.7 Å². The number of nitrogens with zero attached hydrogens (tertiary/aromatic N) is 5. The summed E-state index contributed by atoms with van der Waals surface area (Å²) >= 11 is 0. The van der Waals surface area contributed by atoms with Gasteiger partial charge < -0.3 is 0 Å². The molecule has 1 aliphatic heterocycles. The van der Waals surface area contributed by atoms with Crippen LogP contribution < -0.4 is 9.91 Å². The van der Waals surface area contributed by atoms with Crippen molar-refractivity contribution in [2.75, 3.05) is 16.5 Å². The molecule has 5 rings (SSSR count). The molecule has 5 nitrogen and oxygen atoms in total. The summed E-state index contributed by atoms with van der Waals surface area (Å²) in [5.74, 6) is 1.87. The zero-order valence-corrected chi connectivity index (χ0v) is 35.4. The Labute approximate surface area is 340 Å². The summed E-state index contributed by atoms with van der Waals surface area (Å²) in [6.45, 7) is 9.76. The SMILES string of the molecule is CCCCCCc1ccc(N(C2=CC=CN(N(c3ccc(CCCCCC)cc3)c3ccc(CCCCCC)cn3)C2)c2ccc(CCCCCC)cn2)cc1. The first-order valence-corrected chi connectivity index (χ1v) is 22.4. The lowest BCUT2D eigenvalue weighted by Gasteiger charge is -2.39. The van der Waals surface area contributed by atoms with Crippen LogP contribution in [0.15, 0.2) is 109 Å². The largest absolute Gasteiger partial charge is 0.297 e. The molecule has 0 fully saturated rings. The zero-order chi connectivity index (χ0) is 39.2. The van der Waals surface area contributed by atoms with E-state index in [0.717, 1.165) is 54.4 Å². The maximum atomic E-state index is 5.12. The fraction of sp³-hybridized carbons (Fsp3) is 0.490. The van der Waals surface area contributed by atoms with Crippen molar-refractivity contribution in [2.45, 2.75) is 156 Å². The number of aryl methyl sites for hydroxylation is 4. The Bertz CT molecular complexity index is 1600. The van der Waals surface area contributed by atoms with E-state index in [4.69, 9.17) is 9.97 Å². The summed E-state index contributed by atoms with van der Waals surface area (Å²) < 4.78 is 0. The Morgan fingerprint density at radius 1 is 0.464 bits per heavy atom. The van der Waals surface area contributed by atoms with Crippen LogP contribution in [0.25, 0.3) is 0 Å². The molecule has 2 aromatic heterocycles. The molecule has 1 aliphatic rings. The fourth-order valence-electron chi connectivity index (χ4n) is 7.69. The smallest absolute Gasteiger partial charge is 0.151 e. The molecule has 0 N–H and O–H groups in total. The minimum Gasteiger partial charge on any atom is -0.297 e. The molecule has 2 aromatic carbocycles. The minimum absolute atomic E-state index is 0.662. The molecular formula is C51H71N5. The van der Waals surface area contributed by atoms with Gasteiger partial charge >= 0.3 is 0 Å². The van der Waals surface area contributed by atoms with Crippen LogP contribution in [0.1, 0.15) is 153 Å². The molecule has 4 aromatic rings. The Morgan fingerprint density at radius 3 is 1.34 bits per heavy atom. The lowest BCUT2D eigenvalue weighted by Crippen LogP contribution is -2.40. The van der Waals surface area contributed by atoms with Crippen LogP contribution in [0, 0.1) is 0 Å². The fourth-order valence-corrected chi connectivity index (χ4v) is 7.69. The minimum atomic E-state index is 0.662. The summed E-state index contributed by atoms with van der Waals surface area (Å²) in [4.78, 5) is 12.6. The standard InChI is InChI=1S/C51H71N5/c1-5-9-13-17-22-43-27-33-47(34-28-43)55(50-37-31-45(40-52-50)24-19-15-11-7-3)49-26-21-39-54(42-49)56(48-35-29-44(30-36-48)23-18-14-10-6-2)51-38-32-46(41-53-51)25-20-16-12-8-4/h21,26-41H,5-20,22-25,42H2,1-4H3. The molecule has 0 amide bonds. The first-order chi connectivity index (χ1) is 27.6. The normalized spacial score (nSPS) is 12.6. The first kappa shape index (κ1) is 42.8. The van der Waals surface area contributed by atoms with E-state index in [9.17, 15) is 0 Å². The van der Waals surface area contributed by atoms with E-state index in [0.29, 0.717) is 6.54 Å². The third-order valence-corrected chi connectivity index (χ3v) is 11.1. The summed E-state index contributed by atoms with van der Waals surface area (Å²) in [5.41, 5.74) is 8.83. The van der Waals surface area contributed by atoms with Gasteiger partial charge in [0.25, 0.3) is 0 Å². The van der Waals surface area contributed by atoms with Crippen LogP contribution in [-0.4, -0.2) is 21.5 Å². The number of rotatable bonds is 26. The van der Waals surface area contributed by atoms with Crippen molar-refractivity contribution in [3.8, 4) is 0 Å². The third kappa shape index (κ3) is 13.4. The maximum absolute atomic E-state index is 5.12. The molecule has 3 heterocycles. The van der Waals surface area contributed by atoms with Gasteiger partial charge in [0.05, 0.1) is 12.2 Å². The molecular weight excluding hydrogens is 683 g/mol. The number of allylic oxidation sites excluding steroid dienone is 2. The van der Waals surface area contributed by atoms with Crippen molar-refractivity contribution in [3.05, 3.63) is 131 Å². The van der Waals surface area contributed by atoms with E-state index in [1.54, 1.807) is 0 Å². The predicted molar refractivity (Wildman–Crippen MR) is 241 cm³/mol. The highest BCUT2D eigenvalue weighted by atomic mass is 15.6. The first-order valence-electron chi connectivity index (χ1n) is 22.4. The van der Waals surface area contributed by atoms with Crippen molar-refractivity contribution in [2.24, 2.45) is 0 Å². The number of anilines is 4. The van der Waals surface area contributed by atoms with E-state index >= 15 is 0 Å². The second-order valence-electron chi connectivity index (χ2n) is 15.9. The average Bonchev–Trinajstić information content (AvgIpc) is 3.24. The number of unbranched alkanes of at least 4 members (excludes halogenated alkanes) is 12. The van der Waals surface area contributed by atoms with E-state index in [-0.39, 0.29) is 0 Å². The van der Waals surface area contributed by atoms with Gasteiger partial charge in [0, 0.05) is 30.0 Å². The lowest BCUT2D eigenvalue weighted by molar-refractivity contribution is 0.404. The van der Waals surface area contributed by atoms with Gasteiger partial charge in [0.1, 0.15) is 5.82 Å². The van der Waals surface area contributed by atoms with Crippen LogP contribution in [0.5, 0.6) is 0 Å². The number of hydrogen-bond donors (Lipinski definition) is 0. The molecule has 0 saturated carbocycles. The molecule has 0 aliphatic carbocycles. The second-order valence-corrected chi connectivity index (χ2v) is 15.9. The summed E-state index contributed by atoms with van der Waals surface area (Å²) in [6.07, 6.45) is 35.5. The van der Waals surface area contributed by atoms with Crippen LogP contribution >= 0.6 is 0 Å². The van der Waals surface area contributed by atoms with Crippen molar-refractivity contribution in [3.63, 3.8) is 0 Å². The Balaban J connectivity index is 1.42. The monoisotopic (exact) mass is 754 g/mol. The van der Waals surface area contributed by atoms with Gasteiger partial charge in [0.15, 0.2) is 5.82 Å². The average molecular weight is 754 g/mol. The quantitative estimate of drug-likeness (QED) is 0.0597. The number of pyridine rings is 2. The van der Waals surface area contributed by atoms with Gasteiger partial charge in [-0.15, -0.1) is 0 Å². The highest BCUT2D eigenvalue weighted by molar-refractivity contribution is 5.67. The molecule has 0 bridgehead atoms. The predicted octanol–water partition coefficient (Wildman–Crippen LogP) is 14.6. The van der Waals surface area contributed by atoms with Crippen molar-refractivity contribution in [1.82, 2.24) is 15.0 Å². The van der Waals surface area contributed by atoms with Gasteiger partial charge in [0.2, 0.25) is 0 Å². The number of hydrogen-bond acceptors (Lipinski definition) is 5. The Hall–Kier alpha value is -4.38. The Morgan fingerprint density at radius 2 is 0.893 bits per heavy atom. The van der Waals surface area contributed by atoms with Gasteiger partial charge in [-0.3, -0.25) is 9.91 Å². The molecule has 0 atom stereocenters. The summed E-state index contributed by atoms with van der Waals surface area (Å²) in [5, 5.41) is 4.60. The molecule has 56 heavy (non-hydrogen) atoms. The number of hydrazine groups is 1. The lowest BCUT2D eigenvalue weighted by atomic mass is 10.1. The second kappa shape index (κ2) is 24.3. The summed E-state index contributed by atoms with van der Waals surface area (Å²) in [6, 6.07) is 27.4. The van der Waals surface area contributed by atoms with Gasteiger partial charge in [-0.05, 0) is 122 Å². The molecule has 0 unspecified atom stereocenters. The molecule has 300 valence electrons. The topological polar surface area (TPSA) is 35.5 Å². The van der Waals surface area contributed by atoms with Gasteiger partial charge in [-0.25, -0.2) is 15.0 Å². The molecule has 0 spiro atoms. The van der Waals surface area contributed by atoms with E-state index in [1.807, 2.05) is 0 Å². The highest BCUT2D eigenvalue weighted by Gasteiger charge is 2.25. The number of benzene rings is 2. The van der Waals surface area contributed by atoms with Crippen molar-refractivity contribution >= 4 is 23.0 Å². The maximum Gasteiger partial charge on any atom is 0.151 e. The van der Waals surface area contributed by atoms with Crippen molar-refractivity contribution < 1.29 is 0 Å². The molecule has 0 saturated heterocycles. The molecule has 5 heteroatoms. The third-order valence-electron chi connectivity index (χ3n) is 11.1. The highest BCUT2D eigenvalue weighted by Crippen LogP contribution is 2.34. The van der Waals surface area contributed by atoms with Crippen LogP contribution in [0.2, 0.25) is 0 Å². The van der Waals surface area contributed by atoms with E-state index in [2.05, 4.69) is 146 Å². The van der Waals surface area contributed by atoms with E-state index < -0.39 is 0 Å². The zero-order valence-electron chi connectivity index (χ0n) is 35.4. The van der Waals surface area contributed by atoms with E-state index in [1.165, 1.54) is 125 Å². The number of aromatic nitrogens is 2. The van der Waals surface area contributed by atoms with Gasteiger partial charge in [-0.1, -0.05) is 141 Å². The van der Waals surface area contributed by atoms with Crippen LogP contribution in [0.4, 0.5) is 23.0 Å². The van der Waals surface area contributed by atoms with Crippen LogP contribution in [0.3, 0.4) is 0 Å². The Kier molecular flexibility index (Phi) is 18.6. The van der Waals surface area contributed by atoms with Gasteiger partial charge in [-0.2, -0.15) is 0 Å². The molecule has 0 radical (unpaired) electrons. The summed E-state index contributed by atoms with van der Waals surface area (Å²) in [7, 11) is 0. The van der Waals surface area contributed by atoms with Crippen molar-refractivity contribution in [1.29, 1.82) is 0 Å².